The van der Waals surface area contributed by atoms with Gasteiger partial charge in [0, 0.05) is 10.6 Å². The van der Waals surface area contributed by atoms with Crippen LogP contribution in [0.3, 0.4) is 0 Å². The molecule has 1 saturated heterocycles. The Bertz CT molecular complexity index is 722. The van der Waals surface area contributed by atoms with Gasteiger partial charge in [0.25, 0.3) is 0 Å². The maximum Gasteiger partial charge on any atom is 0.407 e. The summed E-state index contributed by atoms with van der Waals surface area (Å²) in [6, 6.07) is 14.7. The van der Waals surface area contributed by atoms with Crippen LogP contribution in [0.4, 0.5) is 4.79 Å². The van der Waals surface area contributed by atoms with Crippen molar-refractivity contribution >= 4 is 28.6 Å². The number of epoxide rings is 1. The van der Waals surface area contributed by atoms with Crippen LogP contribution in [0.25, 0.3) is 10.8 Å². The Morgan fingerprint density at radius 3 is 2.67 bits per heavy atom. The topological polar surface area (TPSA) is 50.9 Å². The average molecular weight is 345 g/mol. The average Bonchev–Trinajstić information content (AvgIpc) is 3.34. The second-order valence-corrected chi connectivity index (χ2v) is 8.04. The van der Waals surface area contributed by atoms with Crippen molar-refractivity contribution in [2.75, 3.05) is 12.4 Å². The van der Waals surface area contributed by atoms with Crippen LogP contribution in [-0.4, -0.2) is 36.2 Å². The van der Waals surface area contributed by atoms with E-state index < -0.39 is 5.60 Å². The van der Waals surface area contributed by atoms with Crippen molar-refractivity contribution in [3.8, 4) is 0 Å². The van der Waals surface area contributed by atoms with E-state index in [-0.39, 0.29) is 18.2 Å². The van der Waals surface area contributed by atoms with Crippen LogP contribution in [0, 0.1) is 0 Å². The molecule has 0 aromatic heterocycles. The van der Waals surface area contributed by atoms with E-state index >= 15 is 0 Å². The molecular weight excluding hydrogens is 322 g/mol. The van der Waals surface area contributed by atoms with Gasteiger partial charge in [-0.15, -0.1) is 11.8 Å². The number of amides is 1. The van der Waals surface area contributed by atoms with E-state index in [4.69, 9.17) is 9.47 Å². The highest BCUT2D eigenvalue weighted by atomic mass is 32.2. The second kappa shape index (κ2) is 7.03. The molecule has 1 heterocycles. The summed E-state index contributed by atoms with van der Waals surface area (Å²) in [5.41, 5.74) is -0.496. The molecule has 0 unspecified atom stereocenters. The third kappa shape index (κ3) is 4.89. The maximum atomic E-state index is 12.0. The van der Waals surface area contributed by atoms with Crippen molar-refractivity contribution < 1.29 is 14.3 Å². The fraction of sp³-hybridized carbons (Fsp3) is 0.421. The number of carbonyl (C=O) groups is 1. The molecule has 1 aliphatic rings. The lowest BCUT2D eigenvalue weighted by Gasteiger charge is -2.22. The molecule has 2 aromatic rings. The molecule has 4 nitrogen and oxygen atoms in total. The van der Waals surface area contributed by atoms with Crippen LogP contribution in [0.15, 0.2) is 47.4 Å². The standard InChI is InChI=1S/C19H23NO3S/c1-19(2,3)23-18(21)20-16(17-11-22-17)12-24-15-9-8-13-6-4-5-7-14(13)10-15/h4-10,16-17H,11-12H2,1-3H3,(H,20,21)/t16-,17-/m0/s1. The molecule has 1 fully saturated rings. The molecule has 24 heavy (non-hydrogen) atoms. The fourth-order valence-electron chi connectivity index (χ4n) is 2.43. The predicted molar refractivity (Wildman–Crippen MR) is 97.6 cm³/mol. The third-order valence-electron chi connectivity index (χ3n) is 3.66. The van der Waals surface area contributed by atoms with Gasteiger partial charge in [-0.25, -0.2) is 4.79 Å². The largest absolute Gasteiger partial charge is 0.444 e. The lowest BCUT2D eigenvalue weighted by atomic mass is 10.1. The highest BCUT2D eigenvalue weighted by Gasteiger charge is 2.34. The van der Waals surface area contributed by atoms with Gasteiger partial charge in [0.05, 0.1) is 12.6 Å². The third-order valence-corrected chi connectivity index (χ3v) is 4.77. The Kier molecular flexibility index (Phi) is 5.01. The number of hydrogen-bond acceptors (Lipinski definition) is 4. The minimum Gasteiger partial charge on any atom is -0.444 e. The Balaban J connectivity index is 1.60. The summed E-state index contributed by atoms with van der Waals surface area (Å²) in [5.74, 6) is 0.752. The van der Waals surface area contributed by atoms with E-state index in [0.717, 1.165) is 5.75 Å². The number of rotatable bonds is 5. The van der Waals surface area contributed by atoms with Crippen LogP contribution in [0.2, 0.25) is 0 Å². The smallest absolute Gasteiger partial charge is 0.407 e. The minimum atomic E-state index is -0.496. The lowest BCUT2D eigenvalue weighted by molar-refractivity contribution is 0.0501. The van der Waals surface area contributed by atoms with Crippen LogP contribution in [-0.2, 0) is 9.47 Å². The molecular formula is C19H23NO3S. The number of ether oxygens (including phenoxy) is 2. The van der Waals surface area contributed by atoms with Gasteiger partial charge in [-0.1, -0.05) is 30.3 Å². The summed E-state index contributed by atoms with van der Waals surface area (Å²) < 4.78 is 10.7. The van der Waals surface area contributed by atoms with Gasteiger partial charge in [0.1, 0.15) is 11.7 Å². The van der Waals surface area contributed by atoms with Crippen LogP contribution in [0.1, 0.15) is 20.8 Å². The predicted octanol–water partition coefficient (Wildman–Crippen LogP) is 4.22. The minimum absolute atomic E-state index is 0.0451. The Hall–Kier alpha value is -1.72. The van der Waals surface area contributed by atoms with Crippen molar-refractivity contribution in [1.82, 2.24) is 5.32 Å². The first-order valence-electron chi connectivity index (χ1n) is 8.13. The van der Waals surface area contributed by atoms with Crippen LogP contribution >= 0.6 is 11.8 Å². The molecule has 0 spiro atoms. The number of carbonyl (C=O) groups excluding carboxylic acids is 1. The van der Waals surface area contributed by atoms with Crippen molar-refractivity contribution in [2.24, 2.45) is 0 Å². The number of benzene rings is 2. The van der Waals surface area contributed by atoms with E-state index in [2.05, 4.69) is 35.6 Å². The molecule has 1 N–H and O–H groups in total. The monoisotopic (exact) mass is 345 g/mol. The molecule has 0 aliphatic carbocycles. The molecule has 0 radical (unpaired) electrons. The van der Waals surface area contributed by atoms with E-state index in [9.17, 15) is 4.79 Å². The zero-order valence-electron chi connectivity index (χ0n) is 14.2. The Morgan fingerprint density at radius 1 is 1.29 bits per heavy atom. The van der Waals surface area contributed by atoms with Gasteiger partial charge in [0.2, 0.25) is 0 Å². The number of fused-ring (bicyclic) bond motifs is 1. The van der Waals surface area contributed by atoms with Gasteiger partial charge >= 0.3 is 6.09 Å². The van der Waals surface area contributed by atoms with E-state index in [1.807, 2.05) is 32.9 Å². The van der Waals surface area contributed by atoms with Crippen molar-refractivity contribution in [3.05, 3.63) is 42.5 Å². The maximum absolute atomic E-state index is 12.0. The van der Waals surface area contributed by atoms with Gasteiger partial charge in [-0.05, 0) is 43.7 Å². The normalized spacial score (nSPS) is 18.2. The van der Waals surface area contributed by atoms with Gasteiger partial charge in [-0.2, -0.15) is 0 Å². The number of nitrogens with one attached hydrogen (secondary N) is 1. The van der Waals surface area contributed by atoms with E-state index in [0.29, 0.717) is 6.61 Å². The van der Waals surface area contributed by atoms with Crippen LogP contribution in [0.5, 0.6) is 0 Å². The van der Waals surface area contributed by atoms with E-state index in [1.54, 1.807) is 11.8 Å². The molecule has 2 aromatic carbocycles. The lowest BCUT2D eigenvalue weighted by Crippen LogP contribution is -2.43. The first kappa shape index (κ1) is 17.1. The molecule has 1 aliphatic heterocycles. The molecule has 5 heteroatoms. The van der Waals surface area contributed by atoms with Crippen molar-refractivity contribution in [1.29, 1.82) is 0 Å². The molecule has 0 saturated carbocycles. The van der Waals surface area contributed by atoms with Gasteiger partial charge < -0.3 is 14.8 Å². The van der Waals surface area contributed by atoms with Crippen LogP contribution < -0.4 is 5.32 Å². The summed E-state index contributed by atoms with van der Waals surface area (Å²) in [7, 11) is 0. The highest BCUT2D eigenvalue weighted by molar-refractivity contribution is 7.99. The Labute approximate surface area is 146 Å². The number of alkyl carbamates (subject to hydrolysis) is 1. The van der Waals surface area contributed by atoms with Gasteiger partial charge in [0.15, 0.2) is 0 Å². The Morgan fingerprint density at radius 2 is 2.00 bits per heavy atom. The quantitative estimate of drug-likeness (QED) is 0.651. The molecule has 2 atom stereocenters. The molecule has 0 bridgehead atoms. The van der Waals surface area contributed by atoms with Gasteiger partial charge in [-0.3, -0.25) is 0 Å². The zero-order chi connectivity index (χ0) is 17.2. The van der Waals surface area contributed by atoms with E-state index in [1.165, 1.54) is 15.7 Å². The number of thioether (sulfide) groups is 1. The molecule has 3 rings (SSSR count). The van der Waals surface area contributed by atoms with Crippen molar-refractivity contribution in [2.45, 2.75) is 43.4 Å². The molecule has 128 valence electrons. The summed E-state index contributed by atoms with van der Waals surface area (Å²) in [6.45, 7) is 6.27. The summed E-state index contributed by atoms with van der Waals surface area (Å²) in [6.07, 6.45) is -0.299. The van der Waals surface area contributed by atoms with Crippen molar-refractivity contribution in [3.63, 3.8) is 0 Å². The number of hydrogen-bond donors (Lipinski definition) is 1. The summed E-state index contributed by atoms with van der Waals surface area (Å²) >= 11 is 1.72. The summed E-state index contributed by atoms with van der Waals surface area (Å²) in [5, 5.41) is 5.39. The molecule has 1 amide bonds. The first-order valence-corrected chi connectivity index (χ1v) is 9.12. The highest BCUT2D eigenvalue weighted by Crippen LogP contribution is 2.27. The SMILES string of the molecule is CC(C)(C)OC(=O)N[C@@H](CSc1ccc2ccccc2c1)[C@@H]1CO1. The first-order chi connectivity index (χ1) is 11.4. The fourth-order valence-corrected chi connectivity index (χ4v) is 3.48. The second-order valence-electron chi connectivity index (χ2n) is 6.94. The zero-order valence-corrected chi connectivity index (χ0v) is 15.1. The summed E-state index contributed by atoms with van der Waals surface area (Å²) in [4.78, 5) is 13.2.